The highest BCUT2D eigenvalue weighted by molar-refractivity contribution is 6.18. The fourth-order valence-electron chi connectivity index (χ4n) is 1.87. The lowest BCUT2D eigenvalue weighted by molar-refractivity contribution is 0.325. The topological polar surface area (TPSA) is 35.7 Å². The Labute approximate surface area is 87.8 Å². The van der Waals surface area contributed by atoms with Crippen LogP contribution >= 0.6 is 0 Å². The molecule has 73 valence electrons. The Morgan fingerprint density at radius 2 is 2.20 bits per heavy atom. The van der Waals surface area contributed by atoms with Crippen LogP contribution < -0.4 is 9.84 Å². The van der Waals surface area contributed by atoms with Crippen LogP contribution in [0.4, 0.5) is 0 Å². The summed E-state index contributed by atoms with van der Waals surface area (Å²) >= 11 is 0. The molecule has 3 heteroatoms. The number of fused-ring (bicyclic) bond motifs is 2. The summed E-state index contributed by atoms with van der Waals surface area (Å²) < 4.78 is 5.68. The molecule has 1 aromatic carbocycles. The van der Waals surface area contributed by atoms with Gasteiger partial charge in [-0.15, -0.1) is 0 Å². The largest absolute Gasteiger partial charge is 0.493 e. The maximum absolute atomic E-state index is 5.68. The Hall–Kier alpha value is -1.90. The van der Waals surface area contributed by atoms with E-state index in [-0.39, 0.29) is 0 Å². The van der Waals surface area contributed by atoms with Crippen molar-refractivity contribution in [3.05, 3.63) is 35.4 Å². The van der Waals surface area contributed by atoms with E-state index in [2.05, 4.69) is 16.3 Å². The van der Waals surface area contributed by atoms with Gasteiger partial charge in [-0.25, -0.2) is 0 Å². The van der Waals surface area contributed by atoms with Crippen LogP contribution in [0.2, 0.25) is 0 Å². The van der Waals surface area contributed by atoms with E-state index in [4.69, 9.17) is 4.74 Å². The lowest BCUT2D eigenvalue weighted by Crippen LogP contribution is -2.03. The minimum absolute atomic E-state index is 0.704. The molecule has 1 radical (unpaired) electrons. The normalized spacial score (nSPS) is 17.9. The third-order valence-corrected chi connectivity index (χ3v) is 2.62. The van der Waals surface area contributed by atoms with Crippen molar-refractivity contribution in [2.75, 3.05) is 6.61 Å². The van der Waals surface area contributed by atoms with E-state index in [1.165, 1.54) is 5.57 Å². The first-order chi connectivity index (χ1) is 7.45. The zero-order valence-electron chi connectivity index (χ0n) is 8.18. The summed E-state index contributed by atoms with van der Waals surface area (Å²) in [4.78, 5) is 0. The first kappa shape index (κ1) is 8.41. The molecule has 0 saturated heterocycles. The van der Waals surface area contributed by atoms with E-state index >= 15 is 0 Å². The zero-order valence-corrected chi connectivity index (χ0v) is 8.18. The van der Waals surface area contributed by atoms with Crippen molar-refractivity contribution in [1.82, 2.24) is 5.10 Å². The summed E-state index contributed by atoms with van der Waals surface area (Å²) in [6.45, 7) is 0.704. The minimum Gasteiger partial charge on any atom is -0.493 e. The summed E-state index contributed by atoms with van der Waals surface area (Å²) in [5.74, 6) is 0.934. The smallest absolute Gasteiger partial charge is 0.281 e. The molecule has 2 aliphatic rings. The molecule has 0 unspecified atom stereocenters. The number of allylic oxidation sites excluding steroid dienone is 1. The van der Waals surface area contributed by atoms with Crippen LogP contribution in [0.5, 0.6) is 5.75 Å². The van der Waals surface area contributed by atoms with Gasteiger partial charge >= 0.3 is 0 Å². The molecular formula is C12H10N2O+. The SMILES string of the molecule is C1=N[N+]=CC2=C1c1ccccc1OCC2. The van der Waals surface area contributed by atoms with Crippen molar-refractivity contribution < 1.29 is 4.74 Å². The molecule has 0 amide bonds. The molecular weight excluding hydrogens is 188 g/mol. The van der Waals surface area contributed by atoms with Gasteiger partial charge in [-0.2, -0.15) is 0 Å². The summed E-state index contributed by atoms with van der Waals surface area (Å²) in [6, 6.07) is 8.04. The number of rotatable bonds is 0. The van der Waals surface area contributed by atoms with Gasteiger partial charge in [0.05, 0.1) is 11.7 Å². The molecule has 2 aliphatic heterocycles. The highest BCUT2D eigenvalue weighted by atomic mass is 16.5. The van der Waals surface area contributed by atoms with Crippen LogP contribution in [0.3, 0.4) is 0 Å². The quantitative estimate of drug-likeness (QED) is 0.624. The zero-order chi connectivity index (χ0) is 10.1. The van der Waals surface area contributed by atoms with Gasteiger partial charge in [0.1, 0.15) is 12.0 Å². The monoisotopic (exact) mass is 198 g/mol. The number of nitrogens with zero attached hydrogens (tertiary/aromatic N) is 2. The van der Waals surface area contributed by atoms with Crippen molar-refractivity contribution in [2.24, 2.45) is 5.10 Å². The average molecular weight is 198 g/mol. The van der Waals surface area contributed by atoms with E-state index in [0.29, 0.717) is 6.61 Å². The van der Waals surface area contributed by atoms with Gasteiger partial charge in [0.2, 0.25) is 5.10 Å². The van der Waals surface area contributed by atoms with Crippen molar-refractivity contribution in [2.45, 2.75) is 6.42 Å². The van der Waals surface area contributed by atoms with Crippen molar-refractivity contribution in [1.29, 1.82) is 0 Å². The predicted octanol–water partition coefficient (Wildman–Crippen LogP) is 1.63. The van der Waals surface area contributed by atoms with E-state index in [1.807, 2.05) is 30.6 Å². The van der Waals surface area contributed by atoms with Crippen LogP contribution in [0.1, 0.15) is 12.0 Å². The Balaban J connectivity index is 2.23. The highest BCUT2D eigenvalue weighted by Gasteiger charge is 2.20. The fraction of sp³-hybridized carbons (Fsp3) is 0.167. The van der Waals surface area contributed by atoms with Crippen LogP contribution in [0.15, 0.2) is 34.9 Å². The number of hydrogen-bond acceptors (Lipinski definition) is 3. The van der Waals surface area contributed by atoms with E-state index in [1.54, 1.807) is 0 Å². The number of hydrogen-bond donors (Lipinski definition) is 0. The molecule has 3 rings (SSSR count). The molecule has 2 heterocycles. The van der Waals surface area contributed by atoms with Gasteiger partial charge < -0.3 is 4.74 Å². The van der Waals surface area contributed by atoms with E-state index < -0.39 is 0 Å². The maximum Gasteiger partial charge on any atom is 0.281 e. The lowest BCUT2D eigenvalue weighted by atomic mass is 9.99. The number of para-hydroxylation sites is 1. The highest BCUT2D eigenvalue weighted by Crippen LogP contribution is 2.31. The standard InChI is InChI=1S/C12H10N2O/c1-2-4-12-10(3-1)11-8-14-13-7-9(11)5-6-15-12/h1-4,7-8H,5-6H2/q+1. The molecule has 1 aromatic rings. The maximum atomic E-state index is 5.68. The lowest BCUT2D eigenvalue weighted by Gasteiger charge is -2.06. The van der Waals surface area contributed by atoms with Gasteiger partial charge in [0.25, 0.3) is 6.21 Å². The van der Waals surface area contributed by atoms with E-state index in [9.17, 15) is 0 Å². The molecule has 0 fully saturated rings. The van der Waals surface area contributed by atoms with E-state index in [0.717, 1.165) is 23.3 Å². The molecule has 0 atom stereocenters. The molecule has 0 saturated carbocycles. The average Bonchev–Trinajstić information content (AvgIpc) is 2.48. The van der Waals surface area contributed by atoms with Gasteiger partial charge in [0, 0.05) is 23.1 Å². The van der Waals surface area contributed by atoms with Crippen LogP contribution in [0.25, 0.3) is 5.57 Å². The second-order valence-corrected chi connectivity index (χ2v) is 3.52. The molecule has 0 spiro atoms. The third kappa shape index (κ3) is 1.36. The Morgan fingerprint density at radius 3 is 3.20 bits per heavy atom. The summed E-state index contributed by atoms with van der Waals surface area (Å²) in [5.41, 5.74) is 3.45. The Bertz CT molecular complexity index is 486. The van der Waals surface area contributed by atoms with Gasteiger partial charge in [-0.1, -0.05) is 18.2 Å². The summed E-state index contributed by atoms with van der Waals surface area (Å²) in [5, 5.41) is 7.84. The summed E-state index contributed by atoms with van der Waals surface area (Å²) in [7, 11) is 0. The number of ether oxygens (including phenoxy) is 1. The first-order valence-electron chi connectivity index (χ1n) is 4.97. The third-order valence-electron chi connectivity index (χ3n) is 2.62. The second-order valence-electron chi connectivity index (χ2n) is 3.52. The van der Waals surface area contributed by atoms with Crippen LogP contribution in [-0.2, 0) is 0 Å². The molecule has 15 heavy (non-hydrogen) atoms. The molecule has 0 bridgehead atoms. The molecule has 0 aromatic heterocycles. The van der Waals surface area contributed by atoms with Crippen LogP contribution in [0, 0.1) is 0 Å². The fourth-order valence-corrected chi connectivity index (χ4v) is 1.87. The minimum atomic E-state index is 0.704. The van der Waals surface area contributed by atoms with Crippen molar-refractivity contribution in [3.8, 4) is 5.75 Å². The van der Waals surface area contributed by atoms with Gasteiger partial charge in [-0.3, -0.25) is 0 Å². The van der Waals surface area contributed by atoms with Crippen LogP contribution in [-0.4, -0.2) is 19.0 Å². The molecule has 0 N–H and O–H groups in total. The molecule has 3 nitrogen and oxygen atoms in total. The second kappa shape index (κ2) is 3.35. The predicted molar refractivity (Wildman–Crippen MR) is 60.2 cm³/mol. The van der Waals surface area contributed by atoms with Gasteiger partial charge in [0.15, 0.2) is 0 Å². The van der Waals surface area contributed by atoms with Crippen molar-refractivity contribution >= 4 is 18.0 Å². The first-order valence-corrected chi connectivity index (χ1v) is 4.97. The number of benzene rings is 1. The Morgan fingerprint density at radius 1 is 1.27 bits per heavy atom. The Kier molecular flexibility index (Phi) is 1.88. The van der Waals surface area contributed by atoms with Crippen molar-refractivity contribution in [3.63, 3.8) is 0 Å². The summed E-state index contributed by atoms with van der Waals surface area (Å²) in [6.07, 6.45) is 4.52. The van der Waals surface area contributed by atoms with Gasteiger partial charge in [-0.05, 0) is 6.07 Å². The molecule has 0 aliphatic carbocycles.